The number of carbonyl (C=O) groups excluding carboxylic acids is 1. The zero-order chi connectivity index (χ0) is 22.6. The first kappa shape index (κ1) is 25.0. The maximum Gasteiger partial charge on any atom is 0.251 e. The number of rotatable bonds is 14. The molecule has 0 fully saturated rings. The van der Waals surface area contributed by atoms with E-state index in [1.54, 1.807) is 0 Å². The smallest absolute Gasteiger partial charge is 0.251 e. The number of ether oxygens (including phenoxy) is 3. The van der Waals surface area contributed by atoms with Crippen molar-refractivity contribution in [2.45, 2.75) is 52.7 Å². The van der Waals surface area contributed by atoms with Crippen molar-refractivity contribution in [2.75, 3.05) is 39.6 Å². The van der Waals surface area contributed by atoms with E-state index in [0.717, 1.165) is 5.56 Å². The highest BCUT2D eigenvalue weighted by atomic mass is 16.5. The Morgan fingerprint density at radius 3 is 2.19 bits per heavy atom. The van der Waals surface area contributed by atoms with E-state index in [9.17, 15) is 4.79 Å². The monoisotopic (exact) mass is 431 g/mol. The van der Waals surface area contributed by atoms with Crippen LogP contribution in [0.15, 0.2) is 36.7 Å². The fourth-order valence-electron chi connectivity index (χ4n) is 2.93. The van der Waals surface area contributed by atoms with E-state index in [1.165, 1.54) is 5.56 Å². The Balaban J connectivity index is 1.65. The molecule has 1 aromatic heterocycles. The van der Waals surface area contributed by atoms with Gasteiger partial charge in [-0.3, -0.25) is 9.48 Å². The minimum absolute atomic E-state index is 0.105. The molecule has 0 saturated carbocycles. The number of hydrogen-bond donors (Lipinski definition) is 1. The molecule has 0 aliphatic carbocycles. The Hall–Kier alpha value is -2.22. The molecule has 1 amide bonds. The number of nitrogens with one attached hydrogen (secondary N) is 1. The van der Waals surface area contributed by atoms with Crippen molar-refractivity contribution in [1.82, 2.24) is 15.1 Å². The summed E-state index contributed by atoms with van der Waals surface area (Å²) in [5.41, 5.74) is 2.96. The molecule has 1 unspecified atom stereocenters. The van der Waals surface area contributed by atoms with Gasteiger partial charge in [0.2, 0.25) is 0 Å². The molecule has 7 heteroatoms. The summed E-state index contributed by atoms with van der Waals surface area (Å²) in [4.78, 5) is 12.3. The summed E-state index contributed by atoms with van der Waals surface area (Å²) in [6, 6.07) is 7.77. The van der Waals surface area contributed by atoms with Crippen molar-refractivity contribution in [2.24, 2.45) is 0 Å². The van der Waals surface area contributed by atoms with Crippen molar-refractivity contribution in [3.05, 3.63) is 53.3 Å². The number of carbonyl (C=O) groups is 1. The lowest BCUT2D eigenvalue weighted by atomic mass is 10.1. The Kier molecular flexibility index (Phi) is 10.7. The third-order valence-corrected chi connectivity index (χ3v) is 4.92. The predicted octanol–water partition coefficient (Wildman–Crippen LogP) is 3.80. The van der Waals surface area contributed by atoms with Crippen LogP contribution in [0.25, 0.3) is 0 Å². The summed E-state index contributed by atoms with van der Waals surface area (Å²) in [6.07, 6.45) is 4.22. The van der Waals surface area contributed by atoms with Crippen LogP contribution in [-0.2, 0) is 14.2 Å². The van der Waals surface area contributed by atoms with Crippen molar-refractivity contribution < 1.29 is 19.0 Å². The molecule has 0 aliphatic rings. The number of aromatic nitrogens is 2. The molecule has 1 aromatic carbocycles. The van der Waals surface area contributed by atoms with Crippen LogP contribution >= 0.6 is 0 Å². The van der Waals surface area contributed by atoms with Gasteiger partial charge in [0.05, 0.1) is 51.4 Å². The number of nitrogens with zero attached hydrogens (tertiary/aromatic N) is 2. The summed E-state index contributed by atoms with van der Waals surface area (Å²) in [6.45, 7) is 13.5. The van der Waals surface area contributed by atoms with Gasteiger partial charge in [-0.25, -0.2) is 0 Å². The summed E-state index contributed by atoms with van der Waals surface area (Å²) >= 11 is 0. The second kappa shape index (κ2) is 13.2. The SMILES string of the molecule is CC(C)OCCOCCOCCNC(=O)c1ccc(C(C)n2cc(C(C)C)cn2)cc1. The van der Waals surface area contributed by atoms with Gasteiger partial charge in [0, 0.05) is 18.3 Å². The zero-order valence-corrected chi connectivity index (χ0v) is 19.5. The molecule has 0 saturated heterocycles. The quantitative estimate of drug-likeness (QED) is 0.461. The normalized spacial score (nSPS) is 12.5. The summed E-state index contributed by atoms with van der Waals surface area (Å²) in [7, 11) is 0. The number of benzene rings is 1. The van der Waals surface area contributed by atoms with Gasteiger partial charge in [0.1, 0.15) is 0 Å². The van der Waals surface area contributed by atoms with Gasteiger partial charge in [-0.1, -0.05) is 26.0 Å². The highest BCUT2D eigenvalue weighted by molar-refractivity contribution is 5.94. The fraction of sp³-hybridized carbons (Fsp3) is 0.583. The molecule has 31 heavy (non-hydrogen) atoms. The van der Waals surface area contributed by atoms with E-state index < -0.39 is 0 Å². The largest absolute Gasteiger partial charge is 0.377 e. The molecule has 1 heterocycles. The van der Waals surface area contributed by atoms with Crippen LogP contribution in [0, 0.1) is 0 Å². The van der Waals surface area contributed by atoms with E-state index in [0.29, 0.717) is 51.1 Å². The molecule has 1 N–H and O–H groups in total. The van der Waals surface area contributed by atoms with Gasteiger partial charge in [0.15, 0.2) is 0 Å². The molecular weight excluding hydrogens is 394 g/mol. The van der Waals surface area contributed by atoms with Crippen molar-refractivity contribution >= 4 is 5.91 Å². The first-order valence-corrected chi connectivity index (χ1v) is 11.1. The van der Waals surface area contributed by atoms with Crippen molar-refractivity contribution in [3.8, 4) is 0 Å². The molecule has 172 valence electrons. The van der Waals surface area contributed by atoms with Crippen LogP contribution in [-0.4, -0.2) is 61.4 Å². The molecule has 2 rings (SSSR count). The first-order chi connectivity index (χ1) is 14.9. The second-order valence-corrected chi connectivity index (χ2v) is 8.11. The van der Waals surface area contributed by atoms with Gasteiger partial charge >= 0.3 is 0 Å². The van der Waals surface area contributed by atoms with E-state index in [4.69, 9.17) is 14.2 Å². The highest BCUT2D eigenvalue weighted by Gasteiger charge is 2.12. The fourth-order valence-corrected chi connectivity index (χ4v) is 2.93. The lowest BCUT2D eigenvalue weighted by Crippen LogP contribution is -2.27. The summed E-state index contributed by atoms with van der Waals surface area (Å²) in [5, 5.41) is 7.35. The Bertz CT molecular complexity index is 771. The van der Waals surface area contributed by atoms with Gasteiger partial charge < -0.3 is 19.5 Å². The molecule has 0 aliphatic heterocycles. The summed E-state index contributed by atoms with van der Waals surface area (Å²) in [5.74, 6) is 0.346. The van der Waals surface area contributed by atoms with Crippen LogP contribution < -0.4 is 5.32 Å². The van der Waals surface area contributed by atoms with E-state index in [-0.39, 0.29) is 18.1 Å². The molecule has 0 bridgehead atoms. The van der Waals surface area contributed by atoms with Gasteiger partial charge in [-0.2, -0.15) is 5.10 Å². The third kappa shape index (κ3) is 8.81. The van der Waals surface area contributed by atoms with E-state index in [2.05, 4.69) is 37.4 Å². The van der Waals surface area contributed by atoms with Crippen LogP contribution in [0.3, 0.4) is 0 Å². The topological polar surface area (TPSA) is 74.6 Å². The number of hydrogen-bond acceptors (Lipinski definition) is 5. The van der Waals surface area contributed by atoms with Gasteiger partial charge in [-0.15, -0.1) is 0 Å². The molecule has 7 nitrogen and oxygen atoms in total. The van der Waals surface area contributed by atoms with Gasteiger partial charge in [0.25, 0.3) is 5.91 Å². The average molecular weight is 432 g/mol. The van der Waals surface area contributed by atoms with Crippen molar-refractivity contribution in [3.63, 3.8) is 0 Å². The van der Waals surface area contributed by atoms with E-state index >= 15 is 0 Å². The first-order valence-electron chi connectivity index (χ1n) is 11.1. The average Bonchev–Trinajstić information content (AvgIpc) is 3.25. The maximum absolute atomic E-state index is 12.3. The summed E-state index contributed by atoms with van der Waals surface area (Å²) < 4.78 is 18.2. The molecular formula is C24H37N3O4. The zero-order valence-electron chi connectivity index (χ0n) is 19.5. The lowest BCUT2D eigenvalue weighted by Gasteiger charge is -2.13. The lowest BCUT2D eigenvalue weighted by molar-refractivity contribution is -0.00100. The van der Waals surface area contributed by atoms with E-state index in [1.807, 2.05) is 49.0 Å². The Labute approximate surface area is 186 Å². The van der Waals surface area contributed by atoms with Crippen LogP contribution in [0.4, 0.5) is 0 Å². The minimum Gasteiger partial charge on any atom is -0.377 e. The molecule has 2 aromatic rings. The van der Waals surface area contributed by atoms with Crippen LogP contribution in [0.5, 0.6) is 0 Å². The van der Waals surface area contributed by atoms with Crippen LogP contribution in [0.2, 0.25) is 0 Å². The second-order valence-electron chi connectivity index (χ2n) is 8.11. The highest BCUT2D eigenvalue weighted by Crippen LogP contribution is 2.20. The molecule has 0 spiro atoms. The van der Waals surface area contributed by atoms with Crippen LogP contribution in [0.1, 0.15) is 68.1 Å². The standard InChI is InChI=1S/C24H37N3O4/c1-18(2)23-16-26-27(17-23)20(5)21-6-8-22(9-7-21)24(28)25-10-11-29-12-13-30-14-15-31-19(3)4/h6-9,16-20H,10-15H2,1-5H3,(H,25,28). The molecule has 1 atom stereocenters. The molecule has 0 radical (unpaired) electrons. The maximum atomic E-state index is 12.3. The van der Waals surface area contributed by atoms with Gasteiger partial charge in [-0.05, 0) is 49.9 Å². The Morgan fingerprint density at radius 2 is 1.58 bits per heavy atom. The third-order valence-electron chi connectivity index (χ3n) is 4.92. The Morgan fingerprint density at radius 1 is 0.935 bits per heavy atom. The number of amides is 1. The predicted molar refractivity (Wildman–Crippen MR) is 122 cm³/mol. The minimum atomic E-state index is -0.105. The van der Waals surface area contributed by atoms with Crippen molar-refractivity contribution in [1.29, 1.82) is 0 Å².